The molecule has 2 atom stereocenters. The second-order valence-corrected chi connectivity index (χ2v) is 7.66. The summed E-state index contributed by atoms with van der Waals surface area (Å²) in [6.45, 7) is 5.22. The van der Waals surface area contributed by atoms with Gasteiger partial charge in [-0.15, -0.1) is 0 Å². The van der Waals surface area contributed by atoms with Crippen molar-refractivity contribution in [1.29, 1.82) is 0 Å². The molecule has 1 aromatic carbocycles. The quantitative estimate of drug-likeness (QED) is 0.762. The maximum atomic E-state index is 11.4. The van der Waals surface area contributed by atoms with Crippen LogP contribution >= 0.6 is 0 Å². The number of rotatable bonds is 9. The molecule has 0 amide bonds. The van der Waals surface area contributed by atoms with Crippen molar-refractivity contribution in [3.63, 3.8) is 0 Å². The van der Waals surface area contributed by atoms with Crippen LogP contribution in [0.15, 0.2) is 30.3 Å². The first-order valence-electron chi connectivity index (χ1n) is 7.44. The highest BCUT2D eigenvalue weighted by atomic mass is 32.2. The summed E-state index contributed by atoms with van der Waals surface area (Å²) >= 11 is 0. The minimum absolute atomic E-state index is 0.220. The van der Waals surface area contributed by atoms with Crippen LogP contribution in [0, 0.1) is 0 Å². The predicted molar refractivity (Wildman–Crippen MR) is 85.9 cm³/mol. The fraction of sp³-hybridized carbons (Fsp3) is 0.625. The fourth-order valence-electron chi connectivity index (χ4n) is 2.57. The molecule has 0 aliphatic rings. The van der Waals surface area contributed by atoms with Crippen LogP contribution in [0.1, 0.15) is 44.6 Å². The van der Waals surface area contributed by atoms with Crippen LogP contribution < -0.4 is 5.32 Å². The molecule has 0 fully saturated rings. The normalized spacial score (nSPS) is 14.9. The highest BCUT2D eigenvalue weighted by molar-refractivity contribution is 7.90. The summed E-state index contributed by atoms with van der Waals surface area (Å²) in [5.74, 6) is 0.613. The SMILES string of the molecule is CCCNC(CCS(C)(=O)=O)C(CC)c1ccccc1. The number of sulfone groups is 1. The molecule has 1 rings (SSSR count). The summed E-state index contributed by atoms with van der Waals surface area (Å²) in [6, 6.07) is 10.6. The maximum absolute atomic E-state index is 11.4. The van der Waals surface area contributed by atoms with Gasteiger partial charge in [-0.25, -0.2) is 8.42 Å². The Morgan fingerprint density at radius 2 is 1.80 bits per heavy atom. The van der Waals surface area contributed by atoms with E-state index in [0.717, 1.165) is 19.4 Å². The summed E-state index contributed by atoms with van der Waals surface area (Å²) in [5, 5.41) is 3.53. The van der Waals surface area contributed by atoms with E-state index in [-0.39, 0.29) is 11.8 Å². The van der Waals surface area contributed by atoms with Crippen molar-refractivity contribution in [3.8, 4) is 0 Å². The van der Waals surface area contributed by atoms with E-state index in [1.165, 1.54) is 11.8 Å². The smallest absolute Gasteiger partial charge is 0.147 e. The second kappa shape index (κ2) is 8.42. The van der Waals surface area contributed by atoms with Crippen LogP contribution in [-0.2, 0) is 9.84 Å². The van der Waals surface area contributed by atoms with E-state index in [0.29, 0.717) is 12.3 Å². The fourth-order valence-corrected chi connectivity index (χ4v) is 3.25. The first kappa shape index (κ1) is 17.2. The molecule has 0 spiro atoms. The Morgan fingerprint density at radius 3 is 2.30 bits per heavy atom. The highest BCUT2D eigenvalue weighted by Gasteiger charge is 2.22. The van der Waals surface area contributed by atoms with Gasteiger partial charge in [-0.05, 0) is 37.3 Å². The summed E-state index contributed by atoms with van der Waals surface area (Å²) in [6.07, 6.45) is 4.05. The van der Waals surface area contributed by atoms with Gasteiger partial charge < -0.3 is 5.32 Å². The van der Waals surface area contributed by atoms with Crippen LogP contribution in [0.3, 0.4) is 0 Å². The van der Waals surface area contributed by atoms with E-state index >= 15 is 0 Å². The number of hydrogen-bond donors (Lipinski definition) is 1. The highest BCUT2D eigenvalue weighted by Crippen LogP contribution is 2.25. The Kier molecular flexibility index (Phi) is 7.24. The summed E-state index contributed by atoms with van der Waals surface area (Å²) in [4.78, 5) is 0. The molecule has 3 nitrogen and oxygen atoms in total. The van der Waals surface area contributed by atoms with E-state index in [1.54, 1.807) is 0 Å². The van der Waals surface area contributed by atoms with Gasteiger partial charge in [0.05, 0.1) is 5.75 Å². The zero-order chi connectivity index (χ0) is 15.0. The molecule has 0 aliphatic carbocycles. The van der Waals surface area contributed by atoms with Crippen LogP contribution in [0.25, 0.3) is 0 Å². The standard InChI is InChI=1S/C16H27NO2S/c1-4-12-17-16(11-13-20(3,18)19)15(5-2)14-9-7-6-8-10-14/h6-10,15-17H,4-5,11-13H2,1-3H3. The van der Waals surface area contributed by atoms with Crippen LogP contribution in [0.2, 0.25) is 0 Å². The Morgan fingerprint density at radius 1 is 1.15 bits per heavy atom. The van der Waals surface area contributed by atoms with E-state index in [1.807, 2.05) is 18.2 Å². The summed E-state index contributed by atoms with van der Waals surface area (Å²) in [5.41, 5.74) is 1.29. The van der Waals surface area contributed by atoms with Crippen molar-refractivity contribution >= 4 is 9.84 Å². The zero-order valence-corrected chi connectivity index (χ0v) is 13.6. The molecule has 4 heteroatoms. The molecule has 0 bridgehead atoms. The lowest BCUT2D eigenvalue weighted by Crippen LogP contribution is -2.37. The van der Waals surface area contributed by atoms with E-state index in [2.05, 4.69) is 31.3 Å². The van der Waals surface area contributed by atoms with Gasteiger partial charge in [0.2, 0.25) is 0 Å². The molecular formula is C16H27NO2S. The molecule has 1 aromatic rings. The van der Waals surface area contributed by atoms with Crippen molar-refractivity contribution in [2.75, 3.05) is 18.6 Å². The Hall–Kier alpha value is -0.870. The molecule has 0 heterocycles. The summed E-state index contributed by atoms with van der Waals surface area (Å²) < 4.78 is 22.9. The van der Waals surface area contributed by atoms with Crippen LogP contribution in [-0.4, -0.2) is 33.0 Å². The lowest BCUT2D eigenvalue weighted by atomic mass is 9.87. The predicted octanol–water partition coefficient (Wildman–Crippen LogP) is 2.98. The van der Waals surface area contributed by atoms with E-state index in [9.17, 15) is 8.42 Å². The maximum Gasteiger partial charge on any atom is 0.147 e. The van der Waals surface area contributed by atoms with Crippen molar-refractivity contribution in [2.45, 2.75) is 45.1 Å². The Balaban J connectivity index is 2.83. The van der Waals surface area contributed by atoms with Crippen molar-refractivity contribution < 1.29 is 8.42 Å². The third kappa shape index (κ3) is 6.06. The molecule has 2 unspecified atom stereocenters. The number of hydrogen-bond acceptors (Lipinski definition) is 3. The first-order chi connectivity index (χ1) is 9.48. The Labute approximate surface area is 123 Å². The van der Waals surface area contributed by atoms with Gasteiger partial charge in [0.15, 0.2) is 0 Å². The molecule has 0 saturated heterocycles. The molecule has 1 N–H and O–H groups in total. The Bertz CT molecular complexity index is 471. The third-order valence-electron chi connectivity index (χ3n) is 3.61. The van der Waals surface area contributed by atoms with Gasteiger partial charge in [0.25, 0.3) is 0 Å². The molecule has 0 saturated carbocycles. The second-order valence-electron chi connectivity index (χ2n) is 5.40. The van der Waals surface area contributed by atoms with Gasteiger partial charge in [-0.2, -0.15) is 0 Å². The van der Waals surface area contributed by atoms with Gasteiger partial charge in [-0.3, -0.25) is 0 Å². The van der Waals surface area contributed by atoms with Crippen molar-refractivity contribution in [1.82, 2.24) is 5.32 Å². The van der Waals surface area contributed by atoms with Crippen LogP contribution in [0.5, 0.6) is 0 Å². The lowest BCUT2D eigenvalue weighted by Gasteiger charge is -2.27. The third-order valence-corrected chi connectivity index (χ3v) is 4.59. The number of benzene rings is 1. The zero-order valence-electron chi connectivity index (χ0n) is 12.8. The molecular weight excluding hydrogens is 270 g/mol. The van der Waals surface area contributed by atoms with E-state index < -0.39 is 9.84 Å². The largest absolute Gasteiger partial charge is 0.313 e. The minimum atomic E-state index is -2.91. The molecule has 0 aromatic heterocycles. The summed E-state index contributed by atoms with van der Waals surface area (Å²) in [7, 11) is -2.91. The van der Waals surface area contributed by atoms with Crippen LogP contribution in [0.4, 0.5) is 0 Å². The average Bonchev–Trinajstić information content (AvgIpc) is 2.42. The van der Waals surface area contributed by atoms with Gasteiger partial charge >= 0.3 is 0 Å². The van der Waals surface area contributed by atoms with Gasteiger partial charge in [0, 0.05) is 12.3 Å². The average molecular weight is 297 g/mol. The minimum Gasteiger partial charge on any atom is -0.313 e. The lowest BCUT2D eigenvalue weighted by molar-refractivity contribution is 0.411. The van der Waals surface area contributed by atoms with Crippen molar-refractivity contribution in [2.24, 2.45) is 0 Å². The topological polar surface area (TPSA) is 46.2 Å². The van der Waals surface area contributed by atoms with Gasteiger partial charge in [-0.1, -0.05) is 44.2 Å². The monoisotopic (exact) mass is 297 g/mol. The van der Waals surface area contributed by atoms with Gasteiger partial charge in [0.1, 0.15) is 9.84 Å². The first-order valence-corrected chi connectivity index (χ1v) is 9.50. The molecule has 114 valence electrons. The number of nitrogens with one attached hydrogen (secondary N) is 1. The molecule has 0 aliphatic heterocycles. The molecule has 20 heavy (non-hydrogen) atoms. The van der Waals surface area contributed by atoms with E-state index in [4.69, 9.17) is 0 Å². The van der Waals surface area contributed by atoms with Crippen molar-refractivity contribution in [3.05, 3.63) is 35.9 Å². The molecule has 0 radical (unpaired) electrons.